The van der Waals surface area contributed by atoms with Gasteiger partial charge in [0.15, 0.2) is 0 Å². The molecule has 0 N–H and O–H groups in total. The van der Waals surface area contributed by atoms with E-state index in [-0.39, 0.29) is 0 Å². The fourth-order valence-electron chi connectivity index (χ4n) is 10.2. The third-order valence-electron chi connectivity index (χ3n) is 12.9. The summed E-state index contributed by atoms with van der Waals surface area (Å²) in [5.41, 5.74) is 13.2. The van der Waals surface area contributed by atoms with E-state index < -0.39 is 0 Å². The van der Waals surface area contributed by atoms with Crippen molar-refractivity contribution in [1.82, 2.24) is 4.57 Å². The number of hydrogen-bond acceptors (Lipinski definition) is 2. The number of aromatic nitrogens is 1. The van der Waals surface area contributed by atoms with Crippen molar-refractivity contribution in [3.8, 4) is 27.9 Å². The van der Waals surface area contributed by atoms with Crippen molar-refractivity contribution in [2.75, 3.05) is 4.90 Å². The van der Waals surface area contributed by atoms with Crippen LogP contribution in [0, 0.1) is 0 Å². The average Bonchev–Trinajstić information content (AvgIpc) is 3.90. The smallest absolute Gasteiger partial charge is 0.138 e. The van der Waals surface area contributed by atoms with Gasteiger partial charge >= 0.3 is 0 Å². The quantitative estimate of drug-likeness (QED) is 0.156. The van der Waals surface area contributed by atoms with E-state index in [4.69, 9.17) is 4.42 Å². The van der Waals surface area contributed by atoms with Crippen LogP contribution in [0.4, 0.5) is 17.1 Å². The summed E-state index contributed by atoms with van der Waals surface area (Å²) in [5, 5.41) is 12.3. The molecule has 0 aliphatic carbocycles. The van der Waals surface area contributed by atoms with Gasteiger partial charge in [0.2, 0.25) is 0 Å². The Morgan fingerprint density at radius 1 is 0.302 bits per heavy atom. The minimum absolute atomic E-state index is 0.878. The molecule has 0 aliphatic rings. The van der Waals surface area contributed by atoms with E-state index in [0.717, 1.165) is 66.8 Å². The molecule has 0 aliphatic heterocycles. The molecule has 2 aromatic heterocycles. The van der Waals surface area contributed by atoms with Crippen LogP contribution in [0.5, 0.6) is 0 Å². The Kier molecular flexibility index (Phi) is 7.91. The molecule has 3 heteroatoms. The Bertz CT molecular complexity index is 3810. The summed E-state index contributed by atoms with van der Waals surface area (Å²) in [7, 11) is 0. The van der Waals surface area contributed by atoms with E-state index in [0.29, 0.717) is 0 Å². The van der Waals surface area contributed by atoms with Gasteiger partial charge in [0.25, 0.3) is 0 Å². The highest BCUT2D eigenvalue weighted by atomic mass is 16.3. The summed E-state index contributed by atoms with van der Waals surface area (Å²) in [6, 6.07) is 83.2. The average molecular weight is 803 g/mol. The van der Waals surface area contributed by atoms with Crippen LogP contribution in [0.15, 0.2) is 235 Å². The number of rotatable bonds is 6. The SMILES string of the molecule is c1ccc(N(c2ccccc2)c2ccc(-c3ccc(-n4c5ccccc5c5c(-c6ccc7c8ccccc8c8ccccc8c7c6)c6c(cc54)oc4ccccc46)cc3)cc2)cc1. The molecular weight excluding hydrogens is 765 g/mol. The van der Waals surface area contributed by atoms with Crippen molar-refractivity contribution in [2.45, 2.75) is 0 Å². The molecule has 11 aromatic carbocycles. The first kappa shape index (κ1) is 35.4. The summed E-state index contributed by atoms with van der Waals surface area (Å²) in [6.07, 6.45) is 0. The minimum Gasteiger partial charge on any atom is -0.456 e. The van der Waals surface area contributed by atoms with Crippen LogP contribution < -0.4 is 4.90 Å². The Balaban J connectivity index is 0.990. The molecular formula is C60H38N2O. The zero-order valence-electron chi connectivity index (χ0n) is 34.2. The summed E-state index contributed by atoms with van der Waals surface area (Å²) in [5.74, 6) is 0. The van der Waals surface area contributed by atoms with E-state index in [1.807, 2.05) is 0 Å². The second-order valence-electron chi connectivity index (χ2n) is 16.4. The van der Waals surface area contributed by atoms with Crippen LogP contribution in [0.2, 0.25) is 0 Å². The Morgan fingerprint density at radius 3 is 1.41 bits per heavy atom. The molecule has 13 aromatic rings. The number of hydrogen-bond donors (Lipinski definition) is 0. The number of anilines is 3. The van der Waals surface area contributed by atoms with Crippen molar-refractivity contribution in [1.29, 1.82) is 0 Å². The standard InChI is InChI=1S/C60H38N2O/c1-3-15-42(16-4-1)61(43-17-5-2-6-18-43)44-32-27-39(28-33-44)40-29-34-45(35-30-40)62-54-25-13-11-23-51(54)59-55(62)38-57-60(52-24-12-14-26-56(52)63-57)58(59)41-31-36-50-48-21-8-7-19-46(48)47-20-9-10-22-49(47)53(50)37-41/h1-38H. The molecule has 0 spiro atoms. The first-order chi connectivity index (χ1) is 31.3. The van der Waals surface area contributed by atoms with Gasteiger partial charge in [-0.3, -0.25) is 0 Å². The van der Waals surface area contributed by atoms with Crippen molar-refractivity contribution < 1.29 is 4.42 Å². The Labute approximate surface area is 363 Å². The van der Waals surface area contributed by atoms with Crippen LogP contribution in [-0.4, -0.2) is 4.57 Å². The van der Waals surface area contributed by atoms with Crippen LogP contribution in [0.3, 0.4) is 0 Å². The maximum Gasteiger partial charge on any atom is 0.138 e. The second kappa shape index (κ2) is 14.1. The number of nitrogens with zero attached hydrogens (tertiary/aromatic N) is 2. The molecule has 13 rings (SSSR count). The molecule has 3 nitrogen and oxygen atoms in total. The molecule has 0 saturated carbocycles. The topological polar surface area (TPSA) is 21.3 Å². The van der Waals surface area contributed by atoms with Crippen LogP contribution in [-0.2, 0) is 0 Å². The largest absolute Gasteiger partial charge is 0.456 e. The molecule has 294 valence electrons. The highest BCUT2D eigenvalue weighted by molar-refractivity contribution is 6.29. The van der Waals surface area contributed by atoms with Crippen molar-refractivity contribution in [3.63, 3.8) is 0 Å². The zero-order valence-corrected chi connectivity index (χ0v) is 34.2. The molecule has 0 unspecified atom stereocenters. The van der Waals surface area contributed by atoms with E-state index in [2.05, 4.69) is 240 Å². The van der Waals surface area contributed by atoms with Gasteiger partial charge in [0.1, 0.15) is 11.2 Å². The monoisotopic (exact) mass is 802 g/mol. The second-order valence-corrected chi connectivity index (χ2v) is 16.4. The third-order valence-corrected chi connectivity index (χ3v) is 12.9. The predicted molar refractivity (Wildman–Crippen MR) is 266 cm³/mol. The molecule has 0 amide bonds. The fourth-order valence-corrected chi connectivity index (χ4v) is 10.2. The van der Waals surface area contributed by atoms with Crippen LogP contribution in [0.1, 0.15) is 0 Å². The van der Waals surface area contributed by atoms with E-state index >= 15 is 0 Å². The number of benzene rings is 11. The van der Waals surface area contributed by atoms with Crippen molar-refractivity contribution in [2.24, 2.45) is 0 Å². The van der Waals surface area contributed by atoms with Crippen molar-refractivity contribution >= 4 is 93.1 Å². The molecule has 0 bridgehead atoms. The Morgan fingerprint density at radius 2 is 0.778 bits per heavy atom. The molecule has 2 heterocycles. The van der Waals surface area contributed by atoms with Gasteiger partial charge in [0.05, 0.1) is 11.0 Å². The minimum atomic E-state index is 0.878. The van der Waals surface area contributed by atoms with Gasteiger partial charge in [-0.2, -0.15) is 0 Å². The maximum absolute atomic E-state index is 6.77. The zero-order chi connectivity index (χ0) is 41.4. The number of para-hydroxylation sites is 4. The van der Waals surface area contributed by atoms with Crippen LogP contribution >= 0.6 is 0 Å². The lowest BCUT2D eigenvalue weighted by molar-refractivity contribution is 0.669. The lowest BCUT2D eigenvalue weighted by atomic mass is 9.89. The van der Waals surface area contributed by atoms with Gasteiger partial charge in [-0.15, -0.1) is 0 Å². The maximum atomic E-state index is 6.77. The molecule has 0 atom stereocenters. The third kappa shape index (κ3) is 5.53. The molecule has 0 radical (unpaired) electrons. The Hall–Kier alpha value is -8.40. The van der Waals surface area contributed by atoms with Gasteiger partial charge in [0, 0.05) is 55.9 Å². The van der Waals surface area contributed by atoms with Gasteiger partial charge < -0.3 is 13.9 Å². The van der Waals surface area contributed by atoms with E-state index in [9.17, 15) is 0 Å². The molecule has 0 saturated heterocycles. The summed E-state index contributed by atoms with van der Waals surface area (Å²) in [4.78, 5) is 2.30. The lowest BCUT2D eigenvalue weighted by Gasteiger charge is -2.25. The first-order valence-electron chi connectivity index (χ1n) is 21.6. The summed E-state index contributed by atoms with van der Waals surface area (Å²) >= 11 is 0. The normalized spacial score (nSPS) is 11.8. The van der Waals surface area contributed by atoms with Crippen LogP contribution in [0.25, 0.3) is 104 Å². The lowest BCUT2D eigenvalue weighted by Crippen LogP contribution is -2.09. The van der Waals surface area contributed by atoms with E-state index in [1.54, 1.807) is 0 Å². The van der Waals surface area contributed by atoms with Gasteiger partial charge in [-0.1, -0.05) is 158 Å². The number of furan rings is 1. The van der Waals surface area contributed by atoms with E-state index in [1.165, 1.54) is 54.2 Å². The van der Waals surface area contributed by atoms with Crippen molar-refractivity contribution in [3.05, 3.63) is 231 Å². The fraction of sp³-hybridized carbons (Fsp3) is 0. The number of fused-ring (bicyclic) bond motifs is 12. The highest BCUT2D eigenvalue weighted by Gasteiger charge is 2.23. The predicted octanol–water partition coefficient (Wildman–Crippen LogP) is 16.9. The summed E-state index contributed by atoms with van der Waals surface area (Å²) in [6.45, 7) is 0. The summed E-state index contributed by atoms with van der Waals surface area (Å²) < 4.78 is 9.18. The molecule has 63 heavy (non-hydrogen) atoms. The highest BCUT2D eigenvalue weighted by Crippen LogP contribution is 2.48. The van der Waals surface area contributed by atoms with Gasteiger partial charge in [-0.05, 0) is 116 Å². The van der Waals surface area contributed by atoms with Gasteiger partial charge in [-0.25, -0.2) is 0 Å². The molecule has 0 fully saturated rings. The first-order valence-corrected chi connectivity index (χ1v) is 21.6.